The highest BCUT2D eigenvalue weighted by Gasteiger charge is 2.26. The van der Waals surface area contributed by atoms with E-state index in [0.29, 0.717) is 63.5 Å². The number of nitrogens with one attached hydrogen (secondary N) is 1. The number of hydrogen-bond donors (Lipinski definition) is 2. The normalized spacial score (nSPS) is 19.1. The van der Waals surface area contributed by atoms with E-state index in [-0.39, 0.29) is 24.5 Å². The average Bonchev–Trinajstić information content (AvgIpc) is 2.86. The predicted molar refractivity (Wildman–Crippen MR) is 130 cm³/mol. The maximum absolute atomic E-state index is 13.5. The van der Waals surface area contributed by atoms with Gasteiger partial charge in [-0.25, -0.2) is 0 Å². The van der Waals surface area contributed by atoms with Crippen LogP contribution in [0.4, 0.5) is 0 Å². The molecular weight excluding hydrogens is 430 g/mol. The van der Waals surface area contributed by atoms with E-state index in [2.05, 4.69) is 10.2 Å². The molecule has 7 nitrogen and oxygen atoms in total. The van der Waals surface area contributed by atoms with Crippen molar-refractivity contribution >= 4 is 11.8 Å². The van der Waals surface area contributed by atoms with Gasteiger partial charge in [0.05, 0.1) is 19.3 Å². The number of hydrogen-bond acceptors (Lipinski definition) is 5. The number of nitrogens with zero attached hydrogens (tertiary/aromatic N) is 2. The van der Waals surface area contributed by atoms with Crippen molar-refractivity contribution in [3.05, 3.63) is 65.2 Å². The van der Waals surface area contributed by atoms with Crippen molar-refractivity contribution in [3.63, 3.8) is 0 Å². The van der Waals surface area contributed by atoms with Crippen LogP contribution in [-0.2, 0) is 17.9 Å². The van der Waals surface area contributed by atoms with Crippen LogP contribution in [0.3, 0.4) is 0 Å². The summed E-state index contributed by atoms with van der Waals surface area (Å²) >= 11 is 0. The molecule has 2 aliphatic heterocycles. The number of likely N-dealkylation sites (tertiary alicyclic amines) is 1. The molecule has 0 radical (unpaired) electrons. The number of carbonyl (C=O) groups is 2. The van der Waals surface area contributed by atoms with Gasteiger partial charge in [0.25, 0.3) is 5.91 Å². The second-order valence-corrected chi connectivity index (χ2v) is 9.20. The summed E-state index contributed by atoms with van der Waals surface area (Å²) in [6.45, 7) is 3.58. The molecular formula is C27H35N3O4. The topological polar surface area (TPSA) is 82.1 Å². The second kappa shape index (κ2) is 12.0. The Kier molecular flexibility index (Phi) is 8.55. The van der Waals surface area contributed by atoms with Crippen LogP contribution in [0.25, 0.3) is 0 Å². The Bertz CT molecular complexity index is 958. The van der Waals surface area contributed by atoms with Crippen LogP contribution in [-0.4, -0.2) is 65.6 Å². The van der Waals surface area contributed by atoms with Crippen LogP contribution in [0, 0.1) is 0 Å². The molecule has 2 N–H and O–H groups in total. The van der Waals surface area contributed by atoms with Gasteiger partial charge in [0.15, 0.2) is 0 Å². The summed E-state index contributed by atoms with van der Waals surface area (Å²) in [5, 5.41) is 12.9. The Labute approximate surface area is 201 Å². The van der Waals surface area contributed by atoms with Gasteiger partial charge in [0.2, 0.25) is 5.91 Å². The van der Waals surface area contributed by atoms with E-state index in [0.717, 1.165) is 30.4 Å². The lowest BCUT2D eigenvalue weighted by molar-refractivity contribution is -0.122. The summed E-state index contributed by atoms with van der Waals surface area (Å²) < 4.78 is 6.18. The number of ether oxygens (including phenoxy) is 1. The number of aliphatic hydroxyl groups excluding tert-OH is 1. The molecule has 34 heavy (non-hydrogen) atoms. The fourth-order valence-corrected chi connectivity index (χ4v) is 4.61. The fraction of sp³-hybridized carbons (Fsp3) is 0.481. The predicted octanol–water partition coefficient (Wildman–Crippen LogP) is 2.96. The van der Waals surface area contributed by atoms with E-state index in [1.807, 2.05) is 53.4 Å². The molecule has 2 amide bonds. The van der Waals surface area contributed by atoms with Crippen molar-refractivity contribution in [2.24, 2.45) is 0 Å². The highest BCUT2D eigenvalue weighted by molar-refractivity contribution is 5.96. The van der Waals surface area contributed by atoms with E-state index >= 15 is 0 Å². The largest absolute Gasteiger partial charge is 0.493 e. The van der Waals surface area contributed by atoms with E-state index in [9.17, 15) is 14.7 Å². The molecule has 182 valence electrons. The molecule has 0 unspecified atom stereocenters. The molecule has 1 saturated heterocycles. The number of amides is 2. The molecule has 0 spiro atoms. The third-order valence-electron chi connectivity index (χ3n) is 6.51. The summed E-state index contributed by atoms with van der Waals surface area (Å²) in [5.41, 5.74) is 2.54. The van der Waals surface area contributed by atoms with Gasteiger partial charge in [0.1, 0.15) is 5.75 Å². The fourth-order valence-electron chi connectivity index (χ4n) is 4.61. The Morgan fingerprint density at radius 3 is 2.59 bits per heavy atom. The van der Waals surface area contributed by atoms with Crippen LogP contribution >= 0.6 is 0 Å². The van der Waals surface area contributed by atoms with Crippen molar-refractivity contribution in [3.8, 4) is 5.75 Å². The number of benzene rings is 2. The van der Waals surface area contributed by atoms with Crippen LogP contribution in [0.15, 0.2) is 48.5 Å². The van der Waals surface area contributed by atoms with Gasteiger partial charge in [-0.05, 0) is 49.8 Å². The first-order valence-corrected chi connectivity index (χ1v) is 12.3. The zero-order chi connectivity index (χ0) is 23.8. The lowest BCUT2D eigenvalue weighted by atomic mass is 10.0. The van der Waals surface area contributed by atoms with Crippen LogP contribution in [0.1, 0.15) is 53.6 Å². The van der Waals surface area contributed by atoms with Gasteiger partial charge in [-0.3, -0.25) is 14.5 Å². The highest BCUT2D eigenvalue weighted by atomic mass is 16.5. The lowest BCUT2D eigenvalue weighted by Crippen LogP contribution is -2.41. The van der Waals surface area contributed by atoms with Crippen molar-refractivity contribution in [1.82, 2.24) is 15.1 Å². The van der Waals surface area contributed by atoms with Crippen molar-refractivity contribution in [2.75, 3.05) is 32.8 Å². The quantitative estimate of drug-likeness (QED) is 0.728. The molecule has 0 atom stereocenters. The monoisotopic (exact) mass is 465 g/mol. The molecule has 2 heterocycles. The molecule has 0 aliphatic carbocycles. The minimum absolute atomic E-state index is 0.00790. The molecule has 2 aliphatic rings. The number of rotatable bonds is 3. The van der Waals surface area contributed by atoms with Crippen LogP contribution in [0.5, 0.6) is 5.75 Å². The Balaban J connectivity index is 1.65. The number of aliphatic hydroxyl groups is 1. The number of carbonyl (C=O) groups excluding carboxylic acids is 2. The van der Waals surface area contributed by atoms with E-state index in [1.165, 1.54) is 0 Å². The van der Waals surface area contributed by atoms with E-state index in [1.54, 1.807) is 0 Å². The Morgan fingerprint density at radius 2 is 1.79 bits per heavy atom. The van der Waals surface area contributed by atoms with Crippen LogP contribution < -0.4 is 10.1 Å². The number of fused-ring (bicyclic) bond motifs is 1. The maximum atomic E-state index is 13.5. The van der Waals surface area contributed by atoms with Crippen LogP contribution in [0.2, 0.25) is 0 Å². The standard InChI is InChI=1S/C27H35N3O4/c31-22-12-15-30(16-13-22)27(33)23-10-7-11-25-24(23)19-29(18-21-8-3-1-4-9-21)20-26(32)28-14-5-2-6-17-34-25/h1,3-4,7-11,22,31H,2,5-6,12-20H2,(H,28,32). The summed E-state index contributed by atoms with van der Waals surface area (Å²) in [4.78, 5) is 30.1. The Hall–Kier alpha value is -2.90. The van der Waals surface area contributed by atoms with E-state index < -0.39 is 0 Å². The average molecular weight is 466 g/mol. The van der Waals surface area contributed by atoms with Gasteiger partial charge < -0.3 is 20.1 Å². The molecule has 4 rings (SSSR count). The minimum atomic E-state index is -0.340. The second-order valence-electron chi connectivity index (χ2n) is 9.20. The van der Waals surface area contributed by atoms with Crippen molar-refractivity contribution in [2.45, 2.75) is 51.3 Å². The first-order chi connectivity index (χ1) is 16.6. The van der Waals surface area contributed by atoms with Gasteiger partial charge in [-0.1, -0.05) is 36.4 Å². The number of piperidine rings is 1. The van der Waals surface area contributed by atoms with Crippen molar-refractivity contribution < 1.29 is 19.4 Å². The maximum Gasteiger partial charge on any atom is 0.254 e. The van der Waals surface area contributed by atoms with E-state index in [4.69, 9.17) is 4.74 Å². The highest BCUT2D eigenvalue weighted by Crippen LogP contribution is 2.28. The zero-order valence-corrected chi connectivity index (χ0v) is 19.7. The molecule has 0 aromatic heterocycles. The van der Waals surface area contributed by atoms with Crippen molar-refractivity contribution in [1.29, 1.82) is 0 Å². The summed E-state index contributed by atoms with van der Waals surface area (Å²) in [6, 6.07) is 15.7. The van der Waals surface area contributed by atoms with Gasteiger partial charge in [0, 0.05) is 43.9 Å². The SMILES string of the molecule is O=C1CN(Cc2ccccc2)Cc2c(cccc2C(=O)N2CCC(O)CC2)OCCCCCN1. The molecule has 1 fully saturated rings. The molecule has 2 aromatic rings. The van der Waals surface area contributed by atoms with Gasteiger partial charge in [-0.15, -0.1) is 0 Å². The first-order valence-electron chi connectivity index (χ1n) is 12.3. The third-order valence-corrected chi connectivity index (χ3v) is 6.51. The minimum Gasteiger partial charge on any atom is -0.493 e. The zero-order valence-electron chi connectivity index (χ0n) is 19.7. The molecule has 0 bridgehead atoms. The smallest absolute Gasteiger partial charge is 0.254 e. The Morgan fingerprint density at radius 1 is 1.00 bits per heavy atom. The summed E-state index contributed by atoms with van der Waals surface area (Å²) in [6.07, 6.45) is 3.63. The first kappa shape index (κ1) is 24.2. The third kappa shape index (κ3) is 6.58. The lowest BCUT2D eigenvalue weighted by Gasteiger charge is -2.31. The molecule has 2 aromatic carbocycles. The van der Waals surface area contributed by atoms with Gasteiger partial charge in [-0.2, -0.15) is 0 Å². The molecule has 7 heteroatoms. The summed E-state index contributed by atoms with van der Waals surface area (Å²) in [7, 11) is 0. The van der Waals surface area contributed by atoms with Gasteiger partial charge >= 0.3 is 0 Å². The molecule has 0 saturated carbocycles. The summed E-state index contributed by atoms with van der Waals surface area (Å²) in [5.74, 6) is 0.660.